The van der Waals surface area contributed by atoms with Crippen LogP contribution in [-0.2, 0) is 11.3 Å². The van der Waals surface area contributed by atoms with Gasteiger partial charge < -0.3 is 15.0 Å². The van der Waals surface area contributed by atoms with Crippen LogP contribution in [0.5, 0.6) is 0 Å². The highest BCUT2D eigenvalue weighted by Gasteiger charge is 2.20. The lowest BCUT2D eigenvalue weighted by Crippen LogP contribution is -2.24. The van der Waals surface area contributed by atoms with E-state index in [1.165, 1.54) is 12.8 Å². The number of nitrogen functional groups attached to an aromatic ring is 1. The van der Waals surface area contributed by atoms with E-state index in [4.69, 9.17) is 10.5 Å². The zero-order chi connectivity index (χ0) is 10.7. The number of anilines is 1. The molecule has 0 atom stereocenters. The molecule has 1 saturated carbocycles. The van der Waals surface area contributed by atoms with Crippen LogP contribution in [0.1, 0.15) is 12.8 Å². The summed E-state index contributed by atoms with van der Waals surface area (Å²) >= 11 is 0. The number of ether oxygens (including phenoxy) is 1. The van der Waals surface area contributed by atoms with E-state index in [0.717, 1.165) is 12.5 Å². The highest BCUT2D eigenvalue weighted by molar-refractivity contribution is 5.33. The number of rotatable bonds is 5. The maximum Gasteiger partial charge on any atom is 0.273 e. The summed E-state index contributed by atoms with van der Waals surface area (Å²) in [5.41, 5.74) is 5.67. The molecule has 0 aliphatic heterocycles. The van der Waals surface area contributed by atoms with Gasteiger partial charge in [-0.25, -0.2) is 0 Å². The Kier molecular flexibility index (Phi) is 3.06. The fourth-order valence-corrected chi connectivity index (χ4v) is 1.43. The zero-order valence-corrected chi connectivity index (χ0v) is 8.69. The Morgan fingerprint density at radius 3 is 3.07 bits per heavy atom. The molecule has 1 aliphatic rings. The van der Waals surface area contributed by atoms with Crippen molar-refractivity contribution < 1.29 is 4.74 Å². The molecule has 0 bridgehead atoms. The van der Waals surface area contributed by atoms with Gasteiger partial charge in [0.05, 0.1) is 12.3 Å². The van der Waals surface area contributed by atoms with E-state index in [1.807, 2.05) is 0 Å². The van der Waals surface area contributed by atoms with Gasteiger partial charge >= 0.3 is 0 Å². The van der Waals surface area contributed by atoms with Crippen molar-refractivity contribution in [3.8, 4) is 0 Å². The van der Waals surface area contributed by atoms with Crippen LogP contribution in [0.4, 0.5) is 5.69 Å². The third-order valence-electron chi connectivity index (χ3n) is 2.58. The van der Waals surface area contributed by atoms with E-state index in [2.05, 4.69) is 0 Å². The maximum absolute atomic E-state index is 11.5. The standard InChI is InChI=1S/C11H16N2O2/c12-10-2-1-5-13(11(10)14)6-7-15-8-9-3-4-9/h1-2,5,9H,3-4,6-8,12H2. The quantitative estimate of drug-likeness (QED) is 0.730. The Hall–Kier alpha value is -1.29. The number of aromatic nitrogens is 1. The van der Waals surface area contributed by atoms with Gasteiger partial charge in [-0.15, -0.1) is 0 Å². The fourth-order valence-electron chi connectivity index (χ4n) is 1.43. The molecule has 0 amide bonds. The molecule has 4 heteroatoms. The fraction of sp³-hybridized carbons (Fsp3) is 0.545. The number of pyridine rings is 1. The van der Waals surface area contributed by atoms with Crippen LogP contribution in [0.15, 0.2) is 23.1 Å². The van der Waals surface area contributed by atoms with Crippen LogP contribution in [0.2, 0.25) is 0 Å². The predicted octanol–water partition coefficient (Wildman–Crippen LogP) is 0.857. The molecule has 4 nitrogen and oxygen atoms in total. The van der Waals surface area contributed by atoms with Gasteiger partial charge in [0.15, 0.2) is 0 Å². The molecule has 15 heavy (non-hydrogen) atoms. The lowest BCUT2D eigenvalue weighted by atomic mass is 10.4. The van der Waals surface area contributed by atoms with E-state index in [9.17, 15) is 4.79 Å². The van der Waals surface area contributed by atoms with Gasteiger partial charge in [0.2, 0.25) is 0 Å². The molecule has 0 saturated heterocycles. The number of nitrogens with two attached hydrogens (primary N) is 1. The second kappa shape index (κ2) is 4.49. The van der Waals surface area contributed by atoms with Gasteiger partial charge in [-0.2, -0.15) is 0 Å². The minimum atomic E-state index is -0.132. The average molecular weight is 208 g/mol. The summed E-state index contributed by atoms with van der Waals surface area (Å²) in [5.74, 6) is 0.766. The molecule has 2 N–H and O–H groups in total. The van der Waals surface area contributed by atoms with E-state index < -0.39 is 0 Å². The summed E-state index contributed by atoms with van der Waals surface area (Å²) in [6, 6.07) is 3.39. The van der Waals surface area contributed by atoms with Gasteiger partial charge in [-0.1, -0.05) is 0 Å². The first-order valence-electron chi connectivity index (χ1n) is 5.30. The van der Waals surface area contributed by atoms with Crippen molar-refractivity contribution in [3.63, 3.8) is 0 Å². The van der Waals surface area contributed by atoms with Crippen LogP contribution < -0.4 is 11.3 Å². The van der Waals surface area contributed by atoms with Crippen LogP contribution >= 0.6 is 0 Å². The maximum atomic E-state index is 11.5. The molecular formula is C11H16N2O2. The van der Waals surface area contributed by atoms with Crippen molar-refractivity contribution in [3.05, 3.63) is 28.7 Å². The molecule has 1 heterocycles. The Bertz CT molecular complexity index is 382. The first-order valence-corrected chi connectivity index (χ1v) is 5.30. The Balaban J connectivity index is 1.81. The highest BCUT2D eigenvalue weighted by atomic mass is 16.5. The summed E-state index contributed by atoms with van der Waals surface area (Å²) < 4.78 is 7.04. The summed E-state index contributed by atoms with van der Waals surface area (Å²) in [6.45, 7) is 1.99. The van der Waals surface area contributed by atoms with E-state index in [-0.39, 0.29) is 5.56 Å². The second-order valence-electron chi connectivity index (χ2n) is 3.98. The predicted molar refractivity (Wildman–Crippen MR) is 58.7 cm³/mol. The molecule has 0 unspecified atom stereocenters. The van der Waals surface area contributed by atoms with Crippen LogP contribution in [-0.4, -0.2) is 17.8 Å². The molecule has 0 spiro atoms. The van der Waals surface area contributed by atoms with Crippen molar-refractivity contribution in [2.45, 2.75) is 19.4 Å². The first kappa shape index (κ1) is 10.2. The molecule has 0 aromatic carbocycles. The number of hydrogen-bond acceptors (Lipinski definition) is 3. The van der Waals surface area contributed by atoms with Gasteiger partial charge in [0.25, 0.3) is 5.56 Å². The summed E-state index contributed by atoms with van der Waals surface area (Å²) in [4.78, 5) is 11.5. The Labute approximate surface area is 88.7 Å². The van der Waals surface area contributed by atoms with Gasteiger partial charge in [0, 0.05) is 19.3 Å². The van der Waals surface area contributed by atoms with Crippen molar-refractivity contribution in [1.29, 1.82) is 0 Å². The lowest BCUT2D eigenvalue weighted by molar-refractivity contribution is 0.116. The summed E-state index contributed by atoms with van der Waals surface area (Å²) in [5, 5.41) is 0. The monoisotopic (exact) mass is 208 g/mol. The van der Waals surface area contributed by atoms with Gasteiger partial charge in [-0.3, -0.25) is 4.79 Å². The average Bonchev–Trinajstić information content (AvgIpc) is 3.02. The van der Waals surface area contributed by atoms with Crippen molar-refractivity contribution in [1.82, 2.24) is 4.57 Å². The molecule has 2 rings (SSSR count). The Morgan fingerprint density at radius 2 is 2.33 bits per heavy atom. The smallest absolute Gasteiger partial charge is 0.273 e. The molecular weight excluding hydrogens is 192 g/mol. The summed E-state index contributed by atoms with van der Waals surface area (Å²) in [7, 11) is 0. The van der Waals surface area contributed by atoms with Crippen LogP contribution in [0.3, 0.4) is 0 Å². The van der Waals surface area contributed by atoms with Crippen molar-refractivity contribution in [2.24, 2.45) is 5.92 Å². The van der Waals surface area contributed by atoms with Crippen molar-refractivity contribution >= 4 is 5.69 Å². The highest BCUT2D eigenvalue weighted by Crippen LogP contribution is 2.28. The minimum absolute atomic E-state index is 0.132. The topological polar surface area (TPSA) is 57.2 Å². The first-order chi connectivity index (χ1) is 7.27. The number of hydrogen-bond donors (Lipinski definition) is 1. The molecule has 0 radical (unpaired) electrons. The van der Waals surface area contributed by atoms with Crippen LogP contribution in [0, 0.1) is 5.92 Å². The third-order valence-corrected chi connectivity index (χ3v) is 2.58. The summed E-state index contributed by atoms with van der Waals surface area (Å²) in [6.07, 6.45) is 4.32. The molecule has 1 aliphatic carbocycles. The molecule has 1 aromatic heterocycles. The molecule has 82 valence electrons. The SMILES string of the molecule is Nc1cccn(CCOCC2CC2)c1=O. The number of nitrogens with zero attached hydrogens (tertiary/aromatic N) is 1. The Morgan fingerprint density at radius 1 is 1.53 bits per heavy atom. The minimum Gasteiger partial charge on any atom is -0.394 e. The van der Waals surface area contributed by atoms with E-state index in [1.54, 1.807) is 22.9 Å². The van der Waals surface area contributed by atoms with Crippen LogP contribution in [0.25, 0.3) is 0 Å². The third kappa shape index (κ3) is 2.83. The van der Waals surface area contributed by atoms with E-state index >= 15 is 0 Å². The largest absolute Gasteiger partial charge is 0.394 e. The normalized spacial score (nSPS) is 15.5. The lowest BCUT2D eigenvalue weighted by Gasteiger charge is -2.06. The molecule has 1 fully saturated rings. The van der Waals surface area contributed by atoms with E-state index in [0.29, 0.717) is 18.8 Å². The van der Waals surface area contributed by atoms with Crippen molar-refractivity contribution in [2.75, 3.05) is 18.9 Å². The van der Waals surface area contributed by atoms with Gasteiger partial charge in [0.1, 0.15) is 0 Å². The molecule has 1 aromatic rings. The second-order valence-corrected chi connectivity index (χ2v) is 3.98. The zero-order valence-electron chi connectivity index (χ0n) is 8.69. The van der Waals surface area contributed by atoms with Gasteiger partial charge in [-0.05, 0) is 30.9 Å².